The van der Waals surface area contributed by atoms with Crippen LogP contribution in [-0.2, 0) is 16.2 Å². The van der Waals surface area contributed by atoms with E-state index >= 15 is 0 Å². The van der Waals surface area contributed by atoms with E-state index in [4.69, 9.17) is 9.84 Å². The molecule has 0 aliphatic carbocycles. The number of halogens is 2. The lowest BCUT2D eigenvalue weighted by atomic mass is 10.1. The first-order chi connectivity index (χ1) is 13.3. The first-order valence-electron chi connectivity index (χ1n) is 7.97. The van der Waals surface area contributed by atoms with E-state index in [0.29, 0.717) is 34.6 Å². The minimum Gasteiger partial charge on any atom is -0.488 e. The topological polar surface area (TPSA) is 83.9 Å². The van der Waals surface area contributed by atoms with Crippen LogP contribution >= 0.6 is 50.3 Å². The number of thioether (sulfide) groups is 1. The molecule has 0 saturated carbocycles. The predicted molar refractivity (Wildman–Crippen MR) is 118 cm³/mol. The van der Waals surface area contributed by atoms with Crippen LogP contribution in [0.1, 0.15) is 11.1 Å². The van der Waals surface area contributed by atoms with E-state index in [1.54, 1.807) is 18.2 Å². The minimum absolute atomic E-state index is 0.156. The average molecular weight is 574 g/mol. The maximum atomic E-state index is 12.4. The molecule has 3 rings (SSSR count). The van der Waals surface area contributed by atoms with E-state index in [0.717, 1.165) is 13.6 Å². The smallest absolute Gasteiger partial charge is 0.323 e. The van der Waals surface area contributed by atoms with Crippen molar-refractivity contribution in [2.45, 2.75) is 6.61 Å². The summed E-state index contributed by atoms with van der Waals surface area (Å²) in [6.07, 6.45) is 1.54. The summed E-state index contributed by atoms with van der Waals surface area (Å²) in [5.74, 6) is -1.32. The van der Waals surface area contributed by atoms with E-state index in [1.807, 2.05) is 30.3 Å². The van der Waals surface area contributed by atoms with Crippen molar-refractivity contribution in [1.82, 2.24) is 4.90 Å². The Morgan fingerprint density at radius 3 is 2.61 bits per heavy atom. The van der Waals surface area contributed by atoms with Gasteiger partial charge in [0.15, 0.2) is 0 Å². The van der Waals surface area contributed by atoms with Crippen LogP contribution in [0.15, 0.2) is 51.8 Å². The molecule has 1 aliphatic rings. The lowest BCUT2D eigenvalue weighted by molar-refractivity contribution is -0.140. The Bertz CT molecular complexity index is 977. The number of carbonyl (C=O) groups excluding carboxylic acids is 2. The second kappa shape index (κ2) is 9.10. The molecule has 0 aromatic heterocycles. The van der Waals surface area contributed by atoms with Crippen LogP contribution in [0.4, 0.5) is 4.79 Å². The van der Waals surface area contributed by atoms with Crippen LogP contribution in [0.25, 0.3) is 6.08 Å². The van der Waals surface area contributed by atoms with Gasteiger partial charge in [0, 0.05) is 13.6 Å². The third-order valence-corrected chi connectivity index (χ3v) is 5.85. The van der Waals surface area contributed by atoms with E-state index in [9.17, 15) is 14.4 Å². The molecule has 1 fully saturated rings. The number of aliphatic carboxylic acids is 1. The lowest BCUT2D eigenvalue weighted by Crippen LogP contribution is -2.33. The molecule has 0 bridgehead atoms. The van der Waals surface area contributed by atoms with Crippen LogP contribution in [-0.4, -0.2) is 33.7 Å². The summed E-state index contributed by atoms with van der Waals surface area (Å²) in [6.45, 7) is -0.309. The predicted octanol–water partition coefficient (Wildman–Crippen LogP) is 4.75. The van der Waals surface area contributed by atoms with Gasteiger partial charge in [-0.25, -0.2) is 0 Å². The maximum absolute atomic E-state index is 12.4. The first-order valence-corrected chi connectivity index (χ1v) is 10.7. The van der Waals surface area contributed by atoms with Crippen molar-refractivity contribution in [2.24, 2.45) is 0 Å². The van der Waals surface area contributed by atoms with Crippen molar-refractivity contribution in [3.05, 3.63) is 66.5 Å². The Kier molecular flexibility index (Phi) is 6.78. The van der Waals surface area contributed by atoms with Gasteiger partial charge in [0.2, 0.25) is 0 Å². The van der Waals surface area contributed by atoms with Gasteiger partial charge in [-0.15, -0.1) is 0 Å². The number of hydrogen-bond acceptors (Lipinski definition) is 5. The summed E-state index contributed by atoms with van der Waals surface area (Å²) < 4.78 is 7.81. The largest absolute Gasteiger partial charge is 0.488 e. The highest BCUT2D eigenvalue weighted by atomic mass is 127. The number of carboxylic acids is 1. The summed E-state index contributed by atoms with van der Waals surface area (Å²) >= 11 is 6.33. The van der Waals surface area contributed by atoms with Crippen molar-refractivity contribution in [1.29, 1.82) is 0 Å². The third kappa shape index (κ3) is 5.15. The Balaban J connectivity index is 1.83. The van der Waals surface area contributed by atoms with E-state index in [2.05, 4.69) is 38.5 Å². The number of nitrogens with zero attached hydrogens (tertiary/aromatic N) is 1. The number of carboxylic acid groups (broad SMARTS) is 1. The highest BCUT2D eigenvalue weighted by molar-refractivity contribution is 14.1. The van der Waals surface area contributed by atoms with Gasteiger partial charge < -0.3 is 9.84 Å². The molecule has 1 N–H and O–H groups in total. The summed E-state index contributed by atoms with van der Waals surface area (Å²) in [4.78, 5) is 36.0. The molecular weight excluding hydrogens is 561 g/mol. The zero-order valence-corrected chi connectivity index (χ0v) is 18.8. The van der Waals surface area contributed by atoms with Gasteiger partial charge in [0.05, 0.1) is 4.91 Å². The van der Waals surface area contributed by atoms with Crippen molar-refractivity contribution in [3.8, 4) is 5.75 Å². The fourth-order valence-electron chi connectivity index (χ4n) is 2.42. The Morgan fingerprint density at radius 1 is 1.21 bits per heavy atom. The fourth-order valence-corrected chi connectivity index (χ4v) is 3.99. The van der Waals surface area contributed by atoms with E-state index in [1.165, 1.54) is 0 Å². The molecule has 144 valence electrons. The molecule has 2 aromatic rings. The summed E-state index contributed by atoms with van der Waals surface area (Å²) in [5.41, 5.74) is 1.61. The summed E-state index contributed by atoms with van der Waals surface area (Å²) in [7, 11) is 0. The molecular formula is C19H13BrINO5S. The lowest BCUT2D eigenvalue weighted by Gasteiger charge is -2.11. The van der Waals surface area contributed by atoms with Gasteiger partial charge in [-0.2, -0.15) is 0 Å². The number of carbonyl (C=O) groups is 3. The monoisotopic (exact) mass is 573 g/mol. The molecule has 2 aromatic carbocycles. The van der Waals surface area contributed by atoms with E-state index in [-0.39, 0.29) is 4.91 Å². The first kappa shape index (κ1) is 20.9. The molecule has 9 heteroatoms. The van der Waals surface area contributed by atoms with Gasteiger partial charge >= 0.3 is 5.97 Å². The SMILES string of the molecule is O=C(O)CN1C(=O)S/C(=C/c2cc(Br)ccc2OCc2ccc(I)cc2)C1=O. The fraction of sp³-hybridized carbons (Fsp3) is 0.105. The second-order valence-electron chi connectivity index (χ2n) is 5.76. The van der Waals surface area contributed by atoms with Gasteiger partial charge in [0.1, 0.15) is 18.9 Å². The Morgan fingerprint density at radius 2 is 1.93 bits per heavy atom. The zero-order chi connectivity index (χ0) is 20.3. The molecule has 1 aliphatic heterocycles. The van der Waals surface area contributed by atoms with Gasteiger partial charge in [-0.1, -0.05) is 28.1 Å². The maximum Gasteiger partial charge on any atom is 0.323 e. The molecule has 6 nitrogen and oxygen atoms in total. The quantitative estimate of drug-likeness (QED) is 0.396. The van der Waals surface area contributed by atoms with Crippen LogP contribution in [0.5, 0.6) is 5.75 Å². The number of hydrogen-bond donors (Lipinski definition) is 1. The summed E-state index contributed by atoms with van der Waals surface area (Å²) in [6, 6.07) is 13.3. The second-order valence-corrected chi connectivity index (χ2v) is 8.91. The van der Waals surface area contributed by atoms with Gasteiger partial charge in [-0.3, -0.25) is 19.3 Å². The molecule has 1 heterocycles. The van der Waals surface area contributed by atoms with Crippen LogP contribution < -0.4 is 4.74 Å². The number of amides is 2. The van der Waals surface area contributed by atoms with Crippen molar-refractivity contribution in [2.75, 3.05) is 6.54 Å². The number of imide groups is 1. The molecule has 0 spiro atoms. The number of ether oxygens (including phenoxy) is 1. The Labute approximate surface area is 187 Å². The van der Waals surface area contributed by atoms with Crippen LogP contribution in [0, 0.1) is 3.57 Å². The highest BCUT2D eigenvalue weighted by Gasteiger charge is 2.36. The van der Waals surface area contributed by atoms with Crippen molar-refractivity contribution < 1.29 is 24.2 Å². The highest BCUT2D eigenvalue weighted by Crippen LogP contribution is 2.35. The Hall–Kier alpha value is -1.85. The zero-order valence-electron chi connectivity index (χ0n) is 14.2. The minimum atomic E-state index is -1.24. The van der Waals surface area contributed by atoms with Crippen LogP contribution in [0.2, 0.25) is 0 Å². The molecule has 2 amide bonds. The number of rotatable bonds is 6. The average Bonchev–Trinajstić information content (AvgIpc) is 2.89. The molecule has 1 saturated heterocycles. The van der Waals surface area contributed by atoms with Crippen LogP contribution in [0.3, 0.4) is 0 Å². The van der Waals surface area contributed by atoms with Crippen molar-refractivity contribution in [3.63, 3.8) is 0 Å². The van der Waals surface area contributed by atoms with Gasteiger partial charge in [0.25, 0.3) is 11.1 Å². The van der Waals surface area contributed by atoms with E-state index < -0.39 is 23.7 Å². The molecule has 0 atom stereocenters. The van der Waals surface area contributed by atoms with Gasteiger partial charge in [-0.05, 0) is 76.3 Å². The summed E-state index contributed by atoms with van der Waals surface area (Å²) in [5, 5.41) is 8.26. The standard InChI is InChI=1S/C19H13BrINO5S/c20-13-3-6-15(27-10-11-1-4-14(21)5-2-11)12(7-13)8-16-18(25)22(9-17(23)24)19(26)28-16/h1-8H,9-10H2,(H,23,24)/b16-8+. The van der Waals surface area contributed by atoms with Crippen molar-refractivity contribution >= 4 is 73.5 Å². The molecule has 0 radical (unpaired) electrons. The number of benzene rings is 2. The molecule has 0 unspecified atom stereocenters. The normalized spacial score (nSPS) is 15.4. The third-order valence-electron chi connectivity index (χ3n) is 3.73. The molecule has 28 heavy (non-hydrogen) atoms.